The number of aliphatic carboxylic acids is 1. The van der Waals surface area contributed by atoms with Crippen molar-refractivity contribution in [3.05, 3.63) is 0 Å². The molecule has 6 heteroatoms. The number of rotatable bonds is 12. The minimum Gasteiger partial charge on any atom is -0.481 e. The molecule has 0 spiro atoms. The lowest BCUT2D eigenvalue weighted by Gasteiger charge is -2.32. The van der Waals surface area contributed by atoms with E-state index in [0.29, 0.717) is 13.0 Å². The fourth-order valence-corrected chi connectivity index (χ4v) is 2.55. The summed E-state index contributed by atoms with van der Waals surface area (Å²) in [6, 6.07) is -0.170. The molecular formula is C19H37NO5. The van der Waals surface area contributed by atoms with E-state index < -0.39 is 17.7 Å². The van der Waals surface area contributed by atoms with Gasteiger partial charge in [-0.15, -0.1) is 0 Å². The van der Waals surface area contributed by atoms with E-state index in [1.54, 1.807) is 0 Å². The number of amides is 1. The quantitative estimate of drug-likeness (QED) is 0.506. The Hall–Kier alpha value is -1.30. The average molecular weight is 360 g/mol. The van der Waals surface area contributed by atoms with Gasteiger partial charge in [0.1, 0.15) is 5.60 Å². The van der Waals surface area contributed by atoms with Gasteiger partial charge >= 0.3 is 12.1 Å². The zero-order chi connectivity index (χ0) is 19.5. The first-order valence-electron chi connectivity index (χ1n) is 9.39. The van der Waals surface area contributed by atoms with Crippen LogP contribution in [0.1, 0.15) is 80.1 Å². The maximum Gasteiger partial charge on any atom is 0.407 e. The summed E-state index contributed by atoms with van der Waals surface area (Å²) in [5.74, 6) is -0.642. The van der Waals surface area contributed by atoms with Gasteiger partial charge in [-0.3, -0.25) is 4.79 Å². The van der Waals surface area contributed by atoms with E-state index in [2.05, 4.69) is 12.2 Å². The lowest BCUT2D eigenvalue weighted by atomic mass is 9.94. The van der Waals surface area contributed by atoms with Gasteiger partial charge in [0.15, 0.2) is 0 Å². The second-order valence-electron chi connectivity index (χ2n) is 7.82. The molecule has 2 N–H and O–H groups in total. The van der Waals surface area contributed by atoms with Crippen LogP contribution in [0.2, 0.25) is 0 Å². The number of carboxylic acids is 1. The first kappa shape index (κ1) is 23.7. The van der Waals surface area contributed by atoms with Crippen LogP contribution in [-0.4, -0.2) is 41.5 Å². The summed E-state index contributed by atoms with van der Waals surface area (Å²) in [7, 11) is 0. The monoisotopic (exact) mass is 359 g/mol. The van der Waals surface area contributed by atoms with Crippen molar-refractivity contribution >= 4 is 12.1 Å². The molecular weight excluding hydrogens is 322 g/mol. The van der Waals surface area contributed by atoms with Crippen LogP contribution in [0.4, 0.5) is 4.79 Å². The standard InChI is InChI=1S/C19H37NO5/c1-7-8-9-11-15(24-13-10-12-16(21)22)17(14(2)3)20-18(23)25-19(4,5)6/h14-15,17H,7-13H2,1-6H3,(H,20,23)(H,21,22). The van der Waals surface area contributed by atoms with Gasteiger partial charge in [0.2, 0.25) is 0 Å². The van der Waals surface area contributed by atoms with Gasteiger partial charge in [-0.05, 0) is 39.5 Å². The molecule has 0 aromatic carbocycles. The van der Waals surface area contributed by atoms with Gasteiger partial charge in [-0.25, -0.2) is 4.79 Å². The predicted molar refractivity (Wildman–Crippen MR) is 98.7 cm³/mol. The third-order valence-electron chi connectivity index (χ3n) is 3.76. The van der Waals surface area contributed by atoms with Crippen LogP contribution >= 0.6 is 0 Å². The summed E-state index contributed by atoms with van der Waals surface area (Å²) in [6.07, 6.45) is 4.03. The average Bonchev–Trinajstić information content (AvgIpc) is 2.45. The molecule has 2 atom stereocenters. The highest BCUT2D eigenvalue weighted by Crippen LogP contribution is 2.18. The Kier molecular flexibility index (Phi) is 11.5. The second-order valence-corrected chi connectivity index (χ2v) is 7.82. The number of nitrogens with one attached hydrogen (secondary N) is 1. The lowest BCUT2D eigenvalue weighted by Crippen LogP contribution is -2.49. The molecule has 0 saturated heterocycles. The maximum atomic E-state index is 12.2. The van der Waals surface area contributed by atoms with E-state index >= 15 is 0 Å². The Balaban J connectivity index is 4.82. The highest BCUT2D eigenvalue weighted by molar-refractivity contribution is 5.68. The summed E-state index contributed by atoms with van der Waals surface area (Å²) in [6.45, 7) is 12.1. The smallest absolute Gasteiger partial charge is 0.407 e. The van der Waals surface area contributed by atoms with Crippen molar-refractivity contribution in [2.24, 2.45) is 5.92 Å². The van der Waals surface area contributed by atoms with E-state index in [1.165, 1.54) is 0 Å². The Bertz CT molecular complexity index is 390. The van der Waals surface area contributed by atoms with Crippen molar-refractivity contribution < 1.29 is 24.2 Å². The molecule has 0 radical (unpaired) electrons. The van der Waals surface area contributed by atoms with Crippen molar-refractivity contribution in [2.45, 2.75) is 97.8 Å². The van der Waals surface area contributed by atoms with Crippen LogP contribution < -0.4 is 5.32 Å². The summed E-state index contributed by atoms with van der Waals surface area (Å²) in [4.78, 5) is 22.8. The third kappa shape index (κ3) is 12.7. The van der Waals surface area contributed by atoms with Crippen LogP contribution in [0, 0.1) is 5.92 Å². The van der Waals surface area contributed by atoms with E-state index in [0.717, 1.165) is 25.7 Å². The van der Waals surface area contributed by atoms with Crippen molar-refractivity contribution in [2.75, 3.05) is 6.61 Å². The van der Waals surface area contributed by atoms with Crippen LogP contribution in [0.3, 0.4) is 0 Å². The minimum atomic E-state index is -0.821. The summed E-state index contributed by atoms with van der Waals surface area (Å²) in [5, 5.41) is 11.7. The van der Waals surface area contributed by atoms with Crippen molar-refractivity contribution in [3.8, 4) is 0 Å². The largest absolute Gasteiger partial charge is 0.481 e. The molecule has 2 unspecified atom stereocenters. The predicted octanol–water partition coefficient (Wildman–Crippen LogP) is 4.37. The van der Waals surface area contributed by atoms with Crippen LogP contribution in [0.5, 0.6) is 0 Å². The fraction of sp³-hybridized carbons (Fsp3) is 0.895. The van der Waals surface area contributed by atoms with Crippen molar-refractivity contribution in [1.82, 2.24) is 5.32 Å². The van der Waals surface area contributed by atoms with Crippen LogP contribution in [-0.2, 0) is 14.3 Å². The number of alkyl carbamates (subject to hydrolysis) is 1. The number of ether oxygens (including phenoxy) is 2. The zero-order valence-electron chi connectivity index (χ0n) is 16.8. The Labute approximate surface area is 152 Å². The van der Waals surface area contributed by atoms with E-state index in [9.17, 15) is 9.59 Å². The van der Waals surface area contributed by atoms with E-state index in [4.69, 9.17) is 14.6 Å². The lowest BCUT2D eigenvalue weighted by molar-refractivity contribution is -0.137. The summed E-state index contributed by atoms with van der Waals surface area (Å²) >= 11 is 0. The molecule has 0 aliphatic heterocycles. The molecule has 0 rings (SSSR count). The molecule has 0 aromatic heterocycles. The molecule has 0 heterocycles. The Morgan fingerprint density at radius 3 is 2.24 bits per heavy atom. The van der Waals surface area contributed by atoms with Crippen molar-refractivity contribution in [3.63, 3.8) is 0 Å². The van der Waals surface area contributed by atoms with Gasteiger partial charge in [-0.2, -0.15) is 0 Å². The molecule has 0 aromatic rings. The Morgan fingerprint density at radius 2 is 1.76 bits per heavy atom. The molecule has 0 aliphatic carbocycles. The molecule has 25 heavy (non-hydrogen) atoms. The number of carbonyl (C=O) groups excluding carboxylic acids is 1. The van der Waals surface area contributed by atoms with Crippen molar-refractivity contribution in [1.29, 1.82) is 0 Å². The van der Waals surface area contributed by atoms with Gasteiger partial charge in [0.25, 0.3) is 0 Å². The number of carboxylic acid groups (broad SMARTS) is 1. The minimum absolute atomic E-state index is 0.0908. The zero-order valence-corrected chi connectivity index (χ0v) is 16.8. The molecule has 0 saturated carbocycles. The number of hydrogen-bond donors (Lipinski definition) is 2. The van der Waals surface area contributed by atoms with Gasteiger partial charge in [-0.1, -0.05) is 40.0 Å². The molecule has 148 valence electrons. The summed E-state index contributed by atoms with van der Waals surface area (Å²) in [5.41, 5.74) is -0.550. The van der Waals surface area contributed by atoms with E-state index in [1.807, 2.05) is 34.6 Å². The molecule has 0 fully saturated rings. The SMILES string of the molecule is CCCCCC(OCCCC(=O)O)C(NC(=O)OC(C)(C)C)C(C)C. The third-order valence-corrected chi connectivity index (χ3v) is 3.76. The van der Waals surface area contributed by atoms with Crippen LogP contribution in [0.25, 0.3) is 0 Å². The van der Waals surface area contributed by atoms with E-state index in [-0.39, 0.29) is 24.5 Å². The molecule has 0 aliphatic rings. The second kappa shape index (κ2) is 12.1. The number of unbranched alkanes of at least 4 members (excludes halogenated alkanes) is 2. The van der Waals surface area contributed by atoms with Gasteiger partial charge in [0.05, 0.1) is 12.1 Å². The number of hydrogen-bond acceptors (Lipinski definition) is 4. The normalized spacial score (nSPS) is 14.2. The van der Waals surface area contributed by atoms with Gasteiger partial charge in [0, 0.05) is 13.0 Å². The first-order chi connectivity index (χ1) is 11.6. The summed E-state index contributed by atoms with van der Waals surface area (Å²) < 4.78 is 11.3. The Morgan fingerprint density at radius 1 is 1.12 bits per heavy atom. The highest BCUT2D eigenvalue weighted by atomic mass is 16.6. The fourth-order valence-electron chi connectivity index (χ4n) is 2.55. The topological polar surface area (TPSA) is 84.9 Å². The maximum absolute atomic E-state index is 12.2. The number of carbonyl (C=O) groups is 2. The van der Waals surface area contributed by atoms with Crippen LogP contribution in [0.15, 0.2) is 0 Å². The van der Waals surface area contributed by atoms with Gasteiger partial charge < -0.3 is 19.9 Å². The molecule has 0 bridgehead atoms. The molecule has 1 amide bonds. The highest BCUT2D eigenvalue weighted by Gasteiger charge is 2.28. The molecule has 6 nitrogen and oxygen atoms in total. The first-order valence-corrected chi connectivity index (χ1v) is 9.39.